The van der Waals surface area contributed by atoms with E-state index in [0.717, 1.165) is 12.8 Å². The maximum Gasteiger partial charge on any atom is 0.229 e. The highest BCUT2D eigenvalue weighted by atomic mass is 16.2. The fourth-order valence-corrected chi connectivity index (χ4v) is 1.54. The molecule has 3 nitrogen and oxygen atoms in total. The largest absolute Gasteiger partial charge is 0.299 e. The molecule has 0 aliphatic heterocycles. The van der Waals surface area contributed by atoms with Gasteiger partial charge in [0.15, 0.2) is 0 Å². The van der Waals surface area contributed by atoms with E-state index >= 15 is 0 Å². The van der Waals surface area contributed by atoms with Gasteiger partial charge in [0.05, 0.1) is 0 Å². The van der Waals surface area contributed by atoms with Gasteiger partial charge in [0.1, 0.15) is 0 Å². The first-order valence-corrected chi connectivity index (χ1v) is 5.58. The van der Waals surface area contributed by atoms with Crippen molar-refractivity contribution in [3.05, 3.63) is 0 Å². The molecular weight excluding hydrogens is 190 g/mol. The lowest BCUT2D eigenvalue weighted by Gasteiger charge is -2.29. The molecule has 1 unspecified atom stereocenters. The summed E-state index contributed by atoms with van der Waals surface area (Å²) < 4.78 is 0. The Morgan fingerprint density at radius 3 is 2.27 bits per heavy atom. The Kier molecular flexibility index (Phi) is 5.55. The van der Waals surface area contributed by atoms with Crippen LogP contribution in [0, 0.1) is 17.3 Å². The molecule has 0 radical (unpaired) electrons. The van der Waals surface area contributed by atoms with E-state index in [1.54, 1.807) is 0 Å². The summed E-state index contributed by atoms with van der Waals surface area (Å²) in [5, 5.41) is 2.25. The van der Waals surface area contributed by atoms with Crippen LogP contribution in [-0.4, -0.2) is 12.3 Å². The molecule has 0 bridgehead atoms. The van der Waals surface area contributed by atoms with Gasteiger partial charge in [-0.2, -0.15) is 0 Å². The zero-order valence-corrected chi connectivity index (χ0v) is 10.5. The number of imide groups is 1. The van der Waals surface area contributed by atoms with Crippen LogP contribution in [0.1, 0.15) is 47.5 Å². The van der Waals surface area contributed by atoms with E-state index < -0.39 is 0 Å². The van der Waals surface area contributed by atoms with Gasteiger partial charge in [-0.25, -0.2) is 0 Å². The standard InChI is InChI=1S/C12H23NO2/c1-6-12(4,5)7-10(9(2)3)11(15)13-8-14/h8-10H,6-7H2,1-5H3,(H,13,14,15). The van der Waals surface area contributed by atoms with Crippen LogP contribution in [0.2, 0.25) is 0 Å². The average molecular weight is 213 g/mol. The highest BCUT2D eigenvalue weighted by molar-refractivity contribution is 5.87. The van der Waals surface area contributed by atoms with Crippen molar-refractivity contribution >= 4 is 12.3 Å². The Balaban J connectivity index is 4.54. The van der Waals surface area contributed by atoms with Crippen LogP contribution in [0.5, 0.6) is 0 Å². The lowest BCUT2D eigenvalue weighted by atomic mass is 9.76. The van der Waals surface area contributed by atoms with Crippen LogP contribution in [-0.2, 0) is 9.59 Å². The van der Waals surface area contributed by atoms with Gasteiger partial charge in [0.2, 0.25) is 12.3 Å². The van der Waals surface area contributed by atoms with Crippen LogP contribution in [0.15, 0.2) is 0 Å². The van der Waals surface area contributed by atoms with Crippen LogP contribution in [0.4, 0.5) is 0 Å². The van der Waals surface area contributed by atoms with Gasteiger partial charge in [0.25, 0.3) is 0 Å². The molecule has 2 amide bonds. The number of carbonyl (C=O) groups excluding carboxylic acids is 2. The summed E-state index contributed by atoms with van der Waals surface area (Å²) in [5.41, 5.74) is 0.148. The summed E-state index contributed by atoms with van der Waals surface area (Å²) in [6.07, 6.45) is 2.32. The molecule has 0 aliphatic rings. The summed E-state index contributed by atoms with van der Waals surface area (Å²) in [4.78, 5) is 21.9. The predicted octanol–water partition coefficient (Wildman–Crippen LogP) is 2.36. The van der Waals surface area contributed by atoms with Gasteiger partial charge in [-0.05, 0) is 17.8 Å². The summed E-state index contributed by atoms with van der Waals surface area (Å²) in [6, 6.07) is 0. The first-order chi connectivity index (χ1) is 6.84. The molecule has 1 atom stereocenters. The van der Waals surface area contributed by atoms with Crippen LogP contribution in [0.25, 0.3) is 0 Å². The molecule has 0 saturated heterocycles. The summed E-state index contributed by atoms with van der Waals surface area (Å²) in [6.45, 7) is 10.4. The van der Waals surface area contributed by atoms with Gasteiger partial charge < -0.3 is 0 Å². The molecule has 0 spiro atoms. The van der Waals surface area contributed by atoms with Gasteiger partial charge >= 0.3 is 0 Å². The van der Waals surface area contributed by atoms with Crippen molar-refractivity contribution in [3.8, 4) is 0 Å². The van der Waals surface area contributed by atoms with E-state index in [1.807, 2.05) is 13.8 Å². The van der Waals surface area contributed by atoms with Crippen molar-refractivity contribution < 1.29 is 9.59 Å². The third kappa shape index (κ3) is 4.96. The highest BCUT2D eigenvalue weighted by Crippen LogP contribution is 2.32. The molecule has 0 aromatic heterocycles. The van der Waals surface area contributed by atoms with E-state index in [2.05, 4.69) is 26.1 Å². The second kappa shape index (κ2) is 5.89. The molecule has 88 valence electrons. The quantitative estimate of drug-likeness (QED) is 0.688. The van der Waals surface area contributed by atoms with Gasteiger partial charge in [0, 0.05) is 5.92 Å². The maximum absolute atomic E-state index is 11.6. The number of carbonyl (C=O) groups is 2. The lowest BCUT2D eigenvalue weighted by molar-refractivity contribution is -0.130. The minimum Gasteiger partial charge on any atom is -0.299 e. The fraction of sp³-hybridized carbons (Fsp3) is 0.833. The number of rotatable bonds is 6. The Hall–Kier alpha value is -0.860. The Bertz CT molecular complexity index is 222. The van der Waals surface area contributed by atoms with E-state index in [1.165, 1.54) is 0 Å². The Morgan fingerprint density at radius 1 is 1.40 bits per heavy atom. The molecule has 0 aliphatic carbocycles. The van der Waals surface area contributed by atoms with Crippen molar-refractivity contribution in [2.45, 2.75) is 47.5 Å². The maximum atomic E-state index is 11.6. The van der Waals surface area contributed by atoms with Gasteiger partial charge in [-0.3, -0.25) is 14.9 Å². The first kappa shape index (κ1) is 14.1. The molecule has 3 heteroatoms. The van der Waals surface area contributed by atoms with E-state index in [9.17, 15) is 9.59 Å². The number of hydrogen-bond acceptors (Lipinski definition) is 2. The van der Waals surface area contributed by atoms with Crippen LogP contribution >= 0.6 is 0 Å². The Labute approximate surface area is 92.6 Å². The zero-order chi connectivity index (χ0) is 12.1. The Morgan fingerprint density at radius 2 is 1.93 bits per heavy atom. The lowest BCUT2D eigenvalue weighted by Crippen LogP contribution is -2.35. The zero-order valence-electron chi connectivity index (χ0n) is 10.5. The minimum absolute atomic E-state index is 0.0786. The third-order valence-corrected chi connectivity index (χ3v) is 3.07. The number of amides is 2. The SMILES string of the molecule is CCC(C)(C)CC(C(=O)NC=O)C(C)C. The topological polar surface area (TPSA) is 46.2 Å². The van der Waals surface area contributed by atoms with E-state index in [0.29, 0.717) is 6.41 Å². The molecule has 1 N–H and O–H groups in total. The molecule has 0 rings (SSSR count). The molecule has 0 saturated carbocycles. The minimum atomic E-state index is -0.151. The van der Waals surface area contributed by atoms with Crippen LogP contribution < -0.4 is 5.32 Å². The summed E-state index contributed by atoms with van der Waals surface area (Å²) in [5.74, 6) is 0.0300. The van der Waals surface area contributed by atoms with E-state index in [-0.39, 0.29) is 23.2 Å². The first-order valence-electron chi connectivity index (χ1n) is 5.58. The van der Waals surface area contributed by atoms with Gasteiger partial charge in [-0.1, -0.05) is 41.0 Å². The molecule has 0 aromatic carbocycles. The third-order valence-electron chi connectivity index (χ3n) is 3.07. The van der Waals surface area contributed by atoms with Crippen molar-refractivity contribution in [1.82, 2.24) is 5.32 Å². The summed E-state index contributed by atoms with van der Waals surface area (Å²) >= 11 is 0. The molecular formula is C12H23NO2. The normalized spacial score (nSPS) is 13.7. The predicted molar refractivity (Wildman–Crippen MR) is 61.2 cm³/mol. The van der Waals surface area contributed by atoms with Crippen molar-refractivity contribution in [2.24, 2.45) is 17.3 Å². The smallest absolute Gasteiger partial charge is 0.229 e. The molecule has 15 heavy (non-hydrogen) atoms. The second-order valence-corrected chi connectivity index (χ2v) is 5.20. The molecule has 0 heterocycles. The fourth-order valence-electron chi connectivity index (χ4n) is 1.54. The number of hydrogen-bond donors (Lipinski definition) is 1. The van der Waals surface area contributed by atoms with Crippen molar-refractivity contribution in [2.75, 3.05) is 0 Å². The van der Waals surface area contributed by atoms with E-state index in [4.69, 9.17) is 0 Å². The average Bonchev–Trinajstić information content (AvgIpc) is 2.14. The molecule has 0 fully saturated rings. The van der Waals surface area contributed by atoms with Gasteiger partial charge in [-0.15, -0.1) is 0 Å². The second-order valence-electron chi connectivity index (χ2n) is 5.20. The summed E-state index contributed by atoms with van der Waals surface area (Å²) in [7, 11) is 0. The van der Waals surface area contributed by atoms with Crippen LogP contribution in [0.3, 0.4) is 0 Å². The molecule has 0 aromatic rings. The highest BCUT2D eigenvalue weighted by Gasteiger charge is 2.28. The van der Waals surface area contributed by atoms with Crippen molar-refractivity contribution in [3.63, 3.8) is 0 Å². The number of nitrogens with one attached hydrogen (secondary N) is 1. The van der Waals surface area contributed by atoms with Crippen molar-refractivity contribution in [1.29, 1.82) is 0 Å². The monoisotopic (exact) mass is 213 g/mol.